The Hall–Kier alpha value is -2.69. The molecule has 7 heteroatoms. The third-order valence-corrected chi connectivity index (χ3v) is 5.08. The number of nitrogens with one attached hydrogen (secondary N) is 1. The Morgan fingerprint density at radius 2 is 1.73 bits per heavy atom. The molecule has 0 saturated heterocycles. The van der Waals surface area contributed by atoms with Crippen molar-refractivity contribution >= 4 is 21.6 Å². The van der Waals surface area contributed by atoms with E-state index in [0.29, 0.717) is 11.3 Å². The van der Waals surface area contributed by atoms with Crippen LogP contribution in [-0.4, -0.2) is 31.4 Å². The highest BCUT2D eigenvalue weighted by molar-refractivity contribution is 7.88. The summed E-state index contributed by atoms with van der Waals surface area (Å²) in [4.78, 5) is 12.1. The largest absolute Gasteiger partial charge is 0.326 e. The summed E-state index contributed by atoms with van der Waals surface area (Å²) in [6.45, 7) is 2.28. The van der Waals surface area contributed by atoms with Crippen molar-refractivity contribution in [3.63, 3.8) is 0 Å². The molecule has 6 nitrogen and oxygen atoms in total. The van der Waals surface area contributed by atoms with Crippen molar-refractivity contribution in [3.05, 3.63) is 65.2 Å². The summed E-state index contributed by atoms with van der Waals surface area (Å²) in [6.07, 6.45) is 1.18. The summed E-state index contributed by atoms with van der Waals surface area (Å²) >= 11 is 0. The Labute approximate surface area is 154 Å². The van der Waals surface area contributed by atoms with E-state index in [0.717, 1.165) is 17.4 Å². The second-order valence-corrected chi connectivity index (χ2v) is 8.05. The molecule has 0 saturated carbocycles. The average Bonchev–Trinajstić information content (AvgIpc) is 2.60. The maximum atomic E-state index is 12.1. The van der Waals surface area contributed by atoms with Crippen LogP contribution in [0.4, 0.5) is 5.69 Å². The van der Waals surface area contributed by atoms with Crippen molar-refractivity contribution in [1.29, 1.82) is 5.26 Å². The molecule has 1 N–H and O–H groups in total. The van der Waals surface area contributed by atoms with Crippen molar-refractivity contribution in [2.24, 2.45) is 0 Å². The molecule has 0 aliphatic rings. The third kappa shape index (κ3) is 5.99. The highest BCUT2D eigenvalue weighted by Gasteiger charge is 2.18. The lowest BCUT2D eigenvalue weighted by atomic mass is 10.1. The van der Waals surface area contributed by atoms with Crippen LogP contribution in [0.1, 0.15) is 23.1 Å². The van der Waals surface area contributed by atoms with E-state index in [9.17, 15) is 13.2 Å². The number of hydrogen-bond acceptors (Lipinski definition) is 4. The number of rotatable bonds is 7. The molecular weight excluding hydrogens is 350 g/mol. The number of carbonyl (C=O) groups excluding carboxylic acids is 1. The Bertz CT molecular complexity index is 899. The van der Waals surface area contributed by atoms with Gasteiger partial charge in [-0.15, -0.1) is 0 Å². The van der Waals surface area contributed by atoms with E-state index < -0.39 is 10.0 Å². The van der Waals surface area contributed by atoms with Gasteiger partial charge in [-0.3, -0.25) is 4.79 Å². The molecule has 136 valence electrons. The van der Waals surface area contributed by atoms with Gasteiger partial charge in [-0.2, -0.15) is 9.57 Å². The van der Waals surface area contributed by atoms with Crippen LogP contribution < -0.4 is 5.32 Å². The molecule has 0 fully saturated rings. The van der Waals surface area contributed by atoms with Crippen molar-refractivity contribution in [3.8, 4) is 6.07 Å². The van der Waals surface area contributed by atoms with Gasteiger partial charge in [0.25, 0.3) is 0 Å². The summed E-state index contributed by atoms with van der Waals surface area (Å²) in [5.74, 6) is -0.285. The van der Waals surface area contributed by atoms with Gasteiger partial charge in [0.15, 0.2) is 0 Å². The summed E-state index contributed by atoms with van der Waals surface area (Å²) in [5, 5.41) is 11.5. The van der Waals surface area contributed by atoms with Crippen molar-refractivity contribution in [2.75, 3.05) is 18.1 Å². The minimum Gasteiger partial charge on any atom is -0.326 e. The quantitative estimate of drug-likeness (QED) is 0.810. The molecule has 0 aliphatic heterocycles. The summed E-state index contributed by atoms with van der Waals surface area (Å²) < 4.78 is 25.3. The van der Waals surface area contributed by atoms with Gasteiger partial charge < -0.3 is 5.32 Å². The number of amides is 1. The van der Waals surface area contributed by atoms with E-state index in [1.54, 1.807) is 24.3 Å². The minimum atomic E-state index is -3.43. The van der Waals surface area contributed by atoms with E-state index in [-0.39, 0.29) is 25.4 Å². The number of hydrogen-bond donors (Lipinski definition) is 1. The molecule has 2 rings (SSSR count). The number of benzene rings is 2. The Balaban J connectivity index is 1.96. The SMILES string of the molecule is Cc1ccc(CN(CCC(=O)Nc2ccc(C#N)cc2)S(C)(=O)=O)cc1. The lowest BCUT2D eigenvalue weighted by Crippen LogP contribution is -2.32. The predicted molar refractivity (Wildman–Crippen MR) is 101 cm³/mol. The van der Waals surface area contributed by atoms with Gasteiger partial charge in [0.2, 0.25) is 15.9 Å². The van der Waals surface area contributed by atoms with Crippen LogP contribution in [0.2, 0.25) is 0 Å². The molecule has 0 atom stereocenters. The Morgan fingerprint density at radius 3 is 2.27 bits per heavy atom. The molecule has 0 aliphatic carbocycles. The summed E-state index contributed by atoms with van der Waals surface area (Å²) in [5.41, 5.74) is 3.04. The number of anilines is 1. The highest BCUT2D eigenvalue weighted by atomic mass is 32.2. The molecule has 2 aromatic carbocycles. The molecule has 0 radical (unpaired) electrons. The number of carbonyl (C=O) groups is 1. The molecule has 0 spiro atoms. The molecule has 0 aromatic heterocycles. The lowest BCUT2D eigenvalue weighted by molar-refractivity contribution is -0.116. The van der Waals surface area contributed by atoms with E-state index in [2.05, 4.69) is 5.32 Å². The first kappa shape index (κ1) is 19.6. The average molecular weight is 371 g/mol. The summed E-state index contributed by atoms with van der Waals surface area (Å²) in [7, 11) is -3.43. The number of aryl methyl sites for hydroxylation is 1. The molecule has 0 bridgehead atoms. The molecular formula is C19H21N3O3S. The van der Waals surface area contributed by atoms with Crippen molar-refractivity contribution in [2.45, 2.75) is 19.9 Å². The number of sulfonamides is 1. The fraction of sp³-hybridized carbons (Fsp3) is 0.263. The second kappa shape index (κ2) is 8.61. The summed E-state index contributed by atoms with van der Waals surface area (Å²) in [6, 6.07) is 16.1. The normalized spacial score (nSPS) is 11.2. The van der Waals surface area contributed by atoms with Crippen molar-refractivity contribution < 1.29 is 13.2 Å². The smallest absolute Gasteiger partial charge is 0.225 e. The van der Waals surface area contributed by atoms with Crippen LogP contribution in [-0.2, 0) is 21.4 Å². The van der Waals surface area contributed by atoms with Gasteiger partial charge in [-0.1, -0.05) is 29.8 Å². The monoisotopic (exact) mass is 371 g/mol. The Morgan fingerprint density at radius 1 is 1.12 bits per heavy atom. The molecule has 26 heavy (non-hydrogen) atoms. The highest BCUT2D eigenvalue weighted by Crippen LogP contribution is 2.12. The maximum Gasteiger partial charge on any atom is 0.225 e. The first-order valence-corrected chi connectivity index (χ1v) is 9.93. The van der Waals surface area contributed by atoms with E-state index >= 15 is 0 Å². The van der Waals surface area contributed by atoms with Gasteiger partial charge in [-0.25, -0.2) is 8.42 Å². The number of nitriles is 1. The standard InChI is InChI=1S/C19H21N3O3S/c1-15-3-5-17(6-4-15)14-22(26(2,24)25)12-11-19(23)21-18-9-7-16(13-20)8-10-18/h3-10H,11-12,14H2,1-2H3,(H,21,23). The van der Waals surface area contributed by atoms with Crippen LogP contribution in [0.15, 0.2) is 48.5 Å². The zero-order chi connectivity index (χ0) is 19.2. The maximum absolute atomic E-state index is 12.1. The first-order chi connectivity index (χ1) is 12.3. The van der Waals surface area contributed by atoms with Crippen LogP contribution >= 0.6 is 0 Å². The fourth-order valence-electron chi connectivity index (χ4n) is 2.34. The van der Waals surface area contributed by atoms with Crippen LogP contribution in [0.5, 0.6) is 0 Å². The lowest BCUT2D eigenvalue weighted by Gasteiger charge is -2.20. The predicted octanol–water partition coefficient (Wildman–Crippen LogP) is 2.66. The second-order valence-electron chi connectivity index (χ2n) is 6.07. The number of nitrogens with zero attached hydrogens (tertiary/aromatic N) is 2. The van der Waals surface area contributed by atoms with E-state index in [1.807, 2.05) is 37.3 Å². The van der Waals surface area contributed by atoms with Crippen LogP contribution in [0, 0.1) is 18.3 Å². The first-order valence-electron chi connectivity index (χ1n) is 8.08. The van der Waals surface area contributed by atoms with Gasteiger partial charge in [0, 0.05) is 25.2 Å². The van der Waals surface area contributed by atoms with Gasteiger partial charge in [-0.05, 0) is 36.8 Å². The minimum absolute atomic E-state index is 0.0406. The molecule has 0 unspecified atom stereocenters. The van der Waals surface area contributed by atoms with Gasteiger partial charge in [0.1, 0.15) is 0 Å². The topological polar surface area (TPSA) is 90.3 Å². The zero-order valence-electron chi connectivity index (χ0n) is 14.8. The Kier molecular flexibility index (Phi) is 6.50. The van der Waals surface area contributed by atoms with Crippen molar-refractivity contribution in [1.82, 2.24) is 4.31 Å². The molecule has 1 amide bonds. The van der Waals surface area contributed by atoms with Gasteiger partial charge in [0.05, 0.1) is 17.9 Å². The molecule has 0 heterocycles. The zero-order valence-corrected chi connectivity index (χ0v) is 15.6. The fourth-order valence-corrected chi connectivity index (χ4v) is 3.14. The van der Waals surface area contributed by atoms with E-state index in [4.69, 9.17) is 5.26 Å². The van der Waals surface area contributed by atoms with E-state index in [1.165, 1.54) is 4.31 Å². The van der Waals surface area contributed by atoms with Gasteiger partial charge >= 0.3 is 0 Å². The van der Waals surface area contributed by atoms with Crippen LogP contribution in [0.3, 0.4) is 0 Å². The molecule has 2 aromatic rings. The third-order valence-electron chi connectivity index (χ3n) is 3.83. The van der Waals surface area contributed by atoms with Crippen LogP contribution in [0.25, 0.3) is 0 Å².